The zero-order valence-corrected chi connectivity index (χ0v) is 18.6. The predicted octanol–water partition coefficient (Wildman–Crippen LogP) is 4.11. The molecule has 0 saturated heterocycles. The summed E-state index contributed by atoms with van der Waals surface area (Å²) in [5.74, 6) is 0.534. The summed E-state index contributed by atoms with van der Waals surface area (Å²) in [4.78, 5) is 13.6. The van der Waals surface area contributed by atoms with Crippen molar-refractivity contribution in [1.82, 2.24) is 4.90 Å². The summed E-state index contributed by atoms with van der Waals surface area (Å²) in [5, 5.41) is 0. The number of amides is 1. The fourth-order valence-corrected chi connectivity index (χ4v) is 2.82. The van der Waals surface area contributed by atoms with E-state index in [1.54, 1.807) is 0 Å². The molecular formula is C18H21NOWY-2. The van der Waals surface area contributed by atoms with E-state index >= 15 is 0 Å². The zero-order chi connectivity index (χ0) is 14.4. The monoisotopic (exact) mass is 540 g/mol. The molecule has 0 unspecified atom stereocenters. The first-order valence-corrected chi connectivity index (χ1v) is 7.25. The second-order valence-electron chi connectivity index (χ2n) is 5.30. The molecule has 0 aliphatic heterocycles. The fraction of sp³-hybridized carbons (Fsp3) is 0.389. The van der Waals surface area contributed by atoms with E-state index in [4.69, 9.17) is 13.2 Å². The van der Waals surface area contributed by atoms with Crippen LogP contribution in [0.15, 0.2) is 36.5 Å². The average Bonchev–Trinajstić information content (AvgIpc) is 2.53. The van der Waals surface area contributed by atoms with E-state index in [0.29, 0.717) is 18.0 Å². The molecule has 1 aromatic rings. The van der Waals surface area contributed by atoms with Crippen molar-refractivity contribution in [2.24, 2.45) is 0 Å². The van der Waals surface area contributed by atoms with Crippen LogP contribution in [-0.4, -0.2) is 17.4 Å². The van der Waals surface area contributed by atoms with Gasteiger partial charge in [-0.05, 0) is 36.5 Å². The molecule has 2 nitrogen and oxygen atoms in total. The fourth-order valence-electron chi connectivity index (χ4n) is 2.82. The topological polar surface area (TPSA) is 20.3 Å². The Morgan fingerprint density at radius 1 is 1.14 bits per heavy atom. The van der Waals surface area contributed by atoms with Crippen LogP contribution in [-0.2, 0) is 53.8 Å². The van der Waals surface area contributed by atoms with Crippen LogP contribution in [0.2, 0.25) is 0 Å². The van der Waals surface area contributed by atoms with Crippen LogP contribution in [0, 0.1) is 13.2 Å². The van der Waals surface area contributed by atoms with Crippen LogP contribution in [0.5, 0.6) is 0 Å². The van der Waals surface area contributed by atoms with Crippen LogP contribution >= 0.6 is 0 Å². The van der Waals surface area contributed by atoms with Gasteiger partial charge in [0, 0.05) is 65.9 Å². The second kappa shape index (κ2) is 11.5. The van der Waals surface area contributed by atoms with Gasteiger partial charge in [0.15, 0.2) is 0 Å². The third-order valence-electron chi connectivity index (χ3n) is 3.98. The zero-order valence-electron chi connectivity index (χ0n) is 12.8. The molecule has 0 bridgehead atoms. The number of carbonyl (C=O) groups is 1. The number of carbonyl (C=O) groups excluding carboxylic acids is 1. The summed E-state index contributed by atoms with van der Waals surface area (Å²) >= 11 is 0. The number of rotatable bonds is 5. The third kappa shape index (κ3) is 5.87. The van der Waals surface area contributed by atoms with E-state index in [0.717, 1.165) is 0 Å². The molecule has 1 fully saturated rings. The molecule has 2 rings (SSSR count). The maximum absolute atomic E-state index is 12.2. The van der Waals surface area contributed by atoms with Gasteiger partial charge in [-0.1, -0.05) is 31.4 Å². The summed E-state index contributed by atoms with van der Waals surface area (Å²) in [5.41, 5.74) is 1.99. The molecule has 1 aliphatic rings. The standard InChI is InChI=1S/C18H21NO.W.Y/c1-3-14-19(4-2)18(20)17-12-10-16(11-13-17)15-8-6-5-7-9-15;;/h1-4,10-13,15H,5-9,14H2;;/q-2;;. The molecule has 1 amide bonds. The summed E-state index contributed by atoms with van der Waals surface area (Å²) in [7, 11) is 0. The van der Waals surface area contributed by atoms with Gasteiger partial charge in [0.2, 0.25) is 0 Å². The van der Waals surface area contributed by atoms with E-state index in [2.05, 4.69) is 12.1 Å². The number of nitrogens with zero attached hydrogens (tertiary/aromatic N) is 1. The van der Waals surface area contributed by atoms with Gasteiger partial charge in [-0.2, -0.15) is 6.20 Å². The van der Waals surface area contributed by atoms with E-state index in [1.807, 2.05) is 12.1 Å². The third-order valence-corrected chi connectivity index (χ3v) is 3.98. The predicted molar refractivity (Wildman–Crippen MR) is 81.0 cm³/mol. The first-order valence-electron chi connectivity index (χ1n) is 7.25. The molecule has 0 heterocycles. The molecule has 1 saturated carbocycles. The summed E-state index contributed by atoms with van der Waals surface area (Å²) in [6.45, 7) is 11.1. The minimum Gasteiger partial charge on any atom is -0.516 e. The summed E-state index contributed by atoms with van der Waals surface area (Å²) < 4.78 is 0. The van der Waals surface area contributed by atoms with E-state index < -0.39 is 0 Å². The molecule has 0 N–H and O–H groups in total. The van der Waals surface area contributed by atoms with Crippen LogP contribution in [0.3, 0.4) is 0 Å². The van der Waals surface area contributed by atoms with Gasteiger partial charge in [-0.3, -0.25) is 10.9 Å². The number of hydrogen-bond donors (Lipinski definition) is 0. The molecule has 4 heteroatoms. The molecular weight excluding hydrogens is 519 g/mol. The molecule has 0 aromatic heterocycles. The Morgan fingerprint density at radius 3 is 2.23 bits per heavy atom. The molecule has 1 radical (unpaired) electrons. The maximum Gasteiger partial charge on any atom is 0.255 e. The van der Waals surface area contributed by atoms with Crippen molar-refractivity contribution in [1.29, 1.82) is 0 Å². The number of benzene rings is 1. The molecule has 115 valence electrons. The van der Waals surface area contributed by atoms with Crippen molar-refractivity contribution in [3.63, 3.8) is 0 Å². The van der Waals surface area contributed by atoms with Crippen molar-refractivity contribution >= 4 is 5.91 Å². The molecule has 0 atom stereocenters. The van der Waals surface area contributed by atoms with E-state index in [1.165, 1.54) is 54.8 Å². The van der Waals surface area contributed by atoms with Crippen molar-refractivity contribution in [3.05, 3.63) is 60.8 Å². The van der Waals surface area contributed by atoms with Gasteiger partial charge in [0.05, 0.1) is 0 Å². The van der Waals surface area contributed by atoms with Crippen molar-refractivity contribution in [2.45, 2.75) is 38.0 Å². The van der Waals surface area contributed by atoms with Crippen molar-refractivity contribution in [2.75, 3.05) is 6.54 Å². The Labute approximate surface area is 173 Å². The Bertz CT molecular complexity index is 480. The summed E-state index contributed by atoms with van der Waals surface area (Å²) in [6.07, 6.45) is 9.18. The van der Waals surface area contributed by atoms with Crippen molar-refractivity contribution in [3.8, 4) is 0 Å². The maximum atomic E-state index is 12.2. The second-order valence-corrected chi connectivity index (χ2v) is 5.30. The van der Waals surface area contributed by atoms with E-state index in [9.17, 15) is 4.79 Å². The minimum atomic E-state index is -0.121. The minimum absolute atomic E-state index is 0. The first-order chi connectivity index (χ1) is 9.76. The SMILES string of the molecule is [CH-]=CCN(C=[CH-])C(=O)c1ccc(C2CCCCC2)cc1.[W].[Y]. The van der Waals surface area contributed by atoms with Gasteiger partial charge in [0.25, 0.3) is 5.91 Å². The quantitative estimate of drug-likeness (QED) is 0.516. The molecule has 1 aromatic carbocycles. The van der Waals surface area contributed by atoms with Crippen LogP contribution < -0.4 is 0 Å². The molecule has 1 aliphatic carbocycles. The first kappa shape index (κ1) is 22.0. The number of hydrogen-bond acceptors (Lipinski definition) is 1. The Balaban J connectivity index is 0.00000220. The normalized spacial score (nSPS) is 14.2. The summed E-state index contributed by atoms with van der Waals surface area (Å²) in [6, 6.07) is 7.92. The Morgan fingerprint density at radius 2 is 1.73 bits per heavy atom. The van der Waals surface area contributed by atoms with Gasteiger partial charge in [0.1, 0.15) is 0 Å². The Hall–Kier alpha value is -0.0378. The smallest absolute Gasteiger partial charge is 0.255 e. The van der Waals surface area contributed by atoms with Gasteiger partial charge < -0.3 is 18.1 Å². The van der Waals surface area contributed by atoms with Gasteiger partial charge >= 0.3 is 0 Å². The van der Waals surface area contributed by atoms with Crippen LogP contribution in [0.1, 0.15) is 53.9 Å². The molecule has 0 spiro atoms. The van der Waals surface area contributed by atoms with Crippen LogP contribution in [0.4, 0.5) is 0 Å². The van der Waals surface area contributed by atoms with E-state index in [-0.39, 0.29) is 59.7 Å². The van der Waals surface area contributed by atoms with Gasteiger partial charge in [-0.15, -0.1) is 0 Å². The Kier molecular flexibility index (Phi) is 11.5. The van der Waals surface area contributed by atoms with Crippen molar-refractivity contribution < 1.29 is 58.6 Å². The largest absolute Gasteiger partial charge is 0.516 e. The van der Waals surface area contributed by atoms with Gasteiger partial charge in [-0.25, -0.2) is 0 Å². The van der Waals surface area contributed by atoms with Crippen LogP contribution in [0.25, 0.3) is 0 Å². The average molecular weight is 540 g/mol. The molecule has 22 heavy (non-hydrogen) atoms.